The fraction of sp³-hybridized carbons (Fsp3) is 0.500. The lowest BCUT2D eigenvalue weighted by Gasteiger charge is -2.40. The van der Waals surface area contributed by atoms with Crippen LogP contribution in [0, 0.1) is 23.6 Å². The molecule has 0 radical (unpaired) electrons. The van der Waals surface area contributed by atoms with Crippen molar-refractivity contribution in [3.63, 3.8) is 0 Å². The lowest BCUT2D eigenvalue weighted by atomic mass is 9.65. The Morgan fingerprint density at radius 2 is 2.12 bits per heavy atom. The van der Waals surface area contributed by atoms with Gasteiger partial charge in [-0.15, -0.1) is 0 Å². The topological polar surface area (TPSA) is 90.1 Å². The summed E-state index contributed by atoms with van der Waals surface area (Å²) in [4.78, 5) is 25.0. The van der Waals surface area contributed by atoms with Crippen molar-refractivity contribution < 1.29 is 18.5 Å². The minimum Gasteiger partial charge on any atom is -0.355 e. The first-order valence-electron chi connectivity index (χ1n) is 8.22. The van der Waals surface area contributed by atoms with Gasteiger partial charge in [-0.25, -0.2) is 14.2 Å². The molecule has 5 rings (SSSR count). The predicted molar refractivity (Wildman–Crippen MR) is 85.8 cm³/mol. The molecule has 2 heterocycles. The number of hydrogen-bond donors (Lipinski definition) is 1. The van der Waals surface area contributed by atoms with Crippen molar-refractivity contribution in [1.82, 2.24) is 15.1 Å². The van der Waals surface area contributed by atoms with Crippen LogP contribution in [0.15, 0.2) is 16.8 Å². The number of halogens is 2. The first-order valence-corrected chi connectivity index (χ1v) is 8.60. The first-order chi connectivity index (χ1) is 12.1. The molecule has 3 fully saturated rings. The van der Waals surface area contributed by atoms with E-state index in [0.29, 0.717) is 11.8 Å². The van der Waals surface area contributed by atoms with Crippen molar-refractivity contribution >= 4 is 23.4 Å². The van der Waals surface area contributed by atoms with Gasteiger partial charge < -0.3 is 9.36 Å². The summed E-state index contributed by atoms with van der Waals surface area (Å²) < 4.78 is 19.4. The van der Waals surface area contributed by atoms with E-state index < -0.39 is 5.82 Å². The highest BCUT2D eigenvalue weighted by Gasteiger charge is 2.40. The maximum atomic E-state index is 14.5. The van der Waals surface area contributed by atoms with Gasteiger partial charge in [0.25, 0.3) is 0 Å². The molecule has 2 aromatic heterocycles. The van der Waals surface area contributed by atoms with E-state index in [1.807, 2.05) is 0 Å². The van der Waals surface area contributed by atoms with Crippen LogP contribution in [-0.4, -0.2) is 21.1 Å². The molecule has 2 aromatic rings. The van der Waals surface area contributed by atoms with Crippen LogP contribution >= 0.6 is 11.6 Å². The highest BCUT2D eigenvalue weighted by molar-refractivity contribution is 6.28. The Labute approximate surface area is 147 Å². The lowest BCUT2D eigenvalue weighted by Crippen LogP contribution is -2.37. The average Bonchev–Trinajstić information content (AvgIpc) is 3.17. The summed E-state index contributed by atoms with van der Waals surface area (Å²) in [5.74, 6) is -0.645. The van der Waals surface area contributed by atoms with E-state index >= 15 is 0 Å². The van der Waals surface area contributed by atoms with E-state index in [2.05, 4.69) is 20.6 Å². The summed E-state index contributed by atoms with van der Waals surface area (Å²) in [5.41, 5.74) is 2.13. The van der Waals surface area contributed by atoms with Crippen LogP contribution in [0.25, 0.3) is 11.5 Å². The Balaban J connectivity index is 1.48. The Morgan fingerprint density at radius 1 is 1.32 bits per heavy atom. The zero-order chi connectivity index (χ0) is 17.4. The monoisotopic (exact) mass is 366 g/mol. The van der Waals surface area contributed by atoms with Crippen molar-refractivity contribution in [1.29, 1.82) is 0 Å². The molecular formula is C16H16ClFN4O3. The van der Waals surface area contributed by atoms with Gasteiger partial charge in [0.05, 0.1) is 12.1 Å². The highest BCUT2D eigenvalue weighted by Crippen LogP contribution is 2.45. The van der Waals surface area contributed by atoms with Gasteiger partial charge in [-0.3, -0.25) is 0 Å². The molecule has 1 unspecified atom stereocenters. The van der Waals surface area contributed by atoms with Gasteiger partial charge in [-0.05, 0) is 42.7 Å². The standard InChI is InChI=1S/C16H16ClFN4O3/c17-16-20-13(11-5-6-19-24-11)12(18)14(21-16)22-25-15(23)10-7-8-1-3-9(10)4-2-8/h5-6,8-10H,1-4,7H2,(H,20,21,22). The molecule has 0 aromatic carbocycles. The van der Waals surface area contributed by atoms with Crippen LogP contribution in [-0.2, 0) is 9.63 Å². The number of carbonyl (C=O) groups excluding carboxylic acids is 1. The Morgan fingerprint density at radius 3 is 2.76 bits per heavy atom. The molecule has 9 heteroatoms. The fourth-order valence-corrected chi connectivity index (χ4v) is 4.00. The number of rotatable bonds is 4. The van der Waals surface area contributed by atoms with Crippen LogP contribution in [0.5, 0.6) is 0 Å². The third-order valence-electron chi connectivity index (χ3n) is 5.09. The van der Waals surface area contributed by atoms with Crippen molar-refractivity contribution in [2.45, 2.75) is 32.1 Å². The molecule has 0 spiro atoms. The minimum absolute atomic E-state index is 0.0979. The van der Waals surface area contributed by atoms with E-state index in [9.17, 15) is 9.18 Å². The second-order valence-corrected chi connectivity index (χ2v) is 6.86. The van der Waals surface area contributed by atoms with E-state index in [1.165, 1.54) is 25.1 Å². The smallest absolute Gasteiger partial charge is 0.335 e. The molecule has 0 amide bonds. The number of carbonyl (C=O) groups is 1. The number of anilines is 1. The van der Waals surface area contributed by atoms with Gasteiger partial charge >= 0.3 is 5.97 Å². The summed E-state index contributed by atoms with van der Waals surface area (Å²) in [5, 5.41) is 3.30. The van der Waals surface area contributed by atoms with E-state index in [1.54, 1.807) is 0 Å². The Bertz CT molecular complexity index is 778. The van der Waals surface area contributed by atoms with Gasteiger partial charge in [0, 0.05) is 6.07 Å². The number of nitrogens with one attached hydrogen (secondary N) is 1. The van der Waals surface area contributed by atoms with Gasteiger partial charge in [0.15, 0.2) is 17.3 Å². The summed E-state index contributed by atoms with van der Waals surface area (Å²) in [6.45, 7) is 0. The summed E-state index contributed by atoms with van der Waals surface area (Å²) in [7, 11) is 0. The van der Waals surface area contributed by atoms with Crippen molar-refractivity contribution in [2.75, 3.05) is 5.48 Å². The molecule has 132 valence electrons. The van der Waals surface area contributed by atoms with E-state index in [0.717, 1.165) is 19.3 Å². The van der Waals surface area contributed by atoms with E-state index in [-0.39, 0.29) is 34.4 Å². The van der Waals surface area contributed by atoms with Gasteiger partial charge in [0.2, 0.25) is 11.1 Å². The quantitative estimate of drug-likeness (QED) is 0.652. The van der Waals surface area contributed by atoms with Crippen LogP contribution in [0.4, 0.5) is 10.2 Å². The van der Waals surface area contributed by atoms with Crippen molar-refractivity contribution in [3.8, 4) is 11.5 Å². The molecule has 0 saturated heterocycles. The van der Waals surface area contributed by atoms with Crippen LogP contribution in [0.1, 0.15) is 32.1 Å². The summed E-state index contributed by atoms with van der Waals surface area (Å²) in [6, 6.07) is 1.44. The first kappa shape index (κ1) is 16.3. The third kappa shape index (κ3) is 3.18. The lowest BCUT2D eigenvalue weighted by molar-refractivity contribution is -0.151. The van der Waals surface area contributed by atoms with Crippen LogP contribution < -0.4 is 5.48 Å². The van der Waals surface area contributed by atoms with E-state index in [4.69, 9.17) is 21.0 Å². The predicted octanol–water partition coefficient (Wildman–Crippen LogP) is 3.62. The largest absolute Gasteiger partial charge is 0.355 e. The van der Waals surface area contributed by atoms with Crippen molar-refractivity contribution in [2.24, 2.45) is 17.8 Å². The Kier molecular flexibility index (Phi) is 4.29. The number of nitrogens with zero attached hydrogens (tertiary/aromatic N) is 3. The molecule has 2 bridgehead atoms. The van der Waals surface area contributed by atoms with Crippen molar-refractivity contribution in [3.05, 3.63) is 23.4 Å². The van der Waals surface area contributed by atoms with Gasteiger partial charge in [-0.1, -0.05) is 18.0 Å². The maximum Gasteiger partial charge on any atom is 0.335 e. The molecule has 0 aliphatic heterocycles. The molecule has 1 atom stereocenters. The normalized spacial score (nSPS) is 25.0. The van der Waals surface area contributed by atoms with Gasteiger partial charge in [0.1, 0.15) is 0 Å². The number of fused-ring (bicyclic) bond motifs is 3. The molecule has 25 heavy (non-hydrogen) atoms. The zero-order valence-electron chi connectivity index (χ0n) is 13.2. The summed E-state index contributed by atoms with van der Waals surface area (Å²) in [6.07, 6.45) is 6.65. The second kappa shape index (κ2) is 6.59. The Hall–Kier alpha value is -2.22. The highest BCUT2D eigenvalue weighted by atomic mass is 35.5. The molecular weight excluding hydrogens is 351 g/mol. The maximum absolute atomic E-state index is 14.5. The summed E-state index contributed by atoms with van der Waals surface area (Å²) >= 11 is 5.82. The number of aromatic nitrogens is 3. The molecule has 3 saturated carbocycles. The van der Waals surface area contributed by atoms with Crippen LogP contribution in [0.3, 0.4) is 0 Å². The molecule has 3 aliphatic carbocycles. The molecule has 1 N–H and O–H groups in total. The fourth-order valence-electron chi connectivity index (χ4n) is 3.83. The molecule has 7 nitrogen and oxygen atoms in total. The zero-order valence-corrected chi connectivity index (χ0v) is 14.0. The van der Waals surface area contributed by atoms with Gasteiger partial charge in [-0.2, -0.15) is 10.5 Å². The number of hydrogen-bond acceptors (Lipinski definition) is 7. The average molecular weight is 367 g/mol. The van der Waals surface area contributed by atoms with Crippen LogP contribution in [0.2, 0.25) is 5.28 Å². The SMILES string of the molecule is O=C(ONc1nc(Cl)nc(-c2ccno2)c1F)C1CC2CCC1CC2. The minimum atomic E-state index is -0.834. The third-order valence-corrected chi connectivity index (χ3v) is 5.26. The second-order valence-electron chi connectivity index (χ2n) is 6.53. The molecule has 3 aliphatic rings.